The number of hydrogen-bond donors (Lipinski definition) is 2. The molecule has 1 aliphatic rings. The smallest absolute Gasteiger partial charge is 0.253 e. The van der Waals surface area contributed by atoms with Gasteiger partial charge in [0.2, 0.25) is 0 Å². The van der Waals surface area contributed by atoms with Gasteiger partial charge in [0.15, 0.2) is 0 Å². The van der Waals surface area contributed by atoms with Crippen LogP contribution in [0.25, 0.3) is 11.4 Å². The van der Waals surface area contributed by atoms with Gasteiger partial charge < -0.3 is 15.0 Å². The van der Waals surface area contributed by atoms with Crippen molar-refractivity contribution in [1.82, 2.24) is 9.97 Å². The molecule has 0 spiro atoms. The first kappa shape index (κ1) is 14.8. The van der Waals surface area contributed by atoms with Crippen molar-refractivity contribution in [3.05, 3.63) is 35.7 Å². The predicted octanol–water partition coefficient (Wildman–Crippen LogP) is 3.06. The van der Waals surface area contributed by atoms with Gasteiger partial charge in [-0.2, -0.15) is 0 Å². The molecular weight excluding hydrogens is 278 g/mol. The topological polar surface area (TPSA) is 67.0 Å². The Morgan fingerprint density at radius 2 is 2.23 bits per heavy atom. The van der Waals surface area contributed by atoms with Crippen molar-refractivity contribution in [2.45, 2.75) is 33.3 Å². The number of aromatic nitrogens is 2. The summed E-state index contributed by atoms with van der Waals surface area (Å²) in [6.45, 7) is 6.67. The number of carbonyl (C=O) groups excluding carboxylic acids is 1. The maximum Gasteiger partial charge on any atom is 0.253 e. The number of benzene rings is 1. The molecule has 1 aliphatic heterocycles. The van der Waals surface area contributed by atoms with Crippen molar-refractivity contribution in [2.24, 2.45) is 5.92 Å². The highest BCUT2D eigenvalue weighted by Gasteiger charge is 2.30. The van der Waals surface area contributed by atoms with E-state index in [2.05, 4.69) is 15.3 Å². The molecule has 1 saturated heterocycles. The van der Waals surface area contributed by atoms with Crippen molar-refractivity contribution in [3.63, 3.8) is 0 Å². The van der Waals surface area contributed by atoms with E-state index >= 15 is 0 Å². The number of H-pyrrole nitrogens is 1. The first-order valence-corrected chi connectivity index (χ1v) is 7.60. The molecule has 1 aromatic carbocycles. The first-order chi connectivity index (χ1) is 10.5. The standard InChI is InChI=1S/C17H21N3O2/c1-10-7-8-22-15(10)17(21)20-14-6-4-5-13(9-14)16-18-11(2)12(3)19-16/h4-6,9-10,15H,7-8H2,1-3H3,(H,18,19)(H,20,21)/t10-,15-/m0/s1. The molecule has 2 N–H and O–H groups in total. The molecule has 0 unspecified atom stereocenters. The van der Waals surface area contributed by atoms with Crippen LogP contribution in [-0.4, -0.2) is 28.6 Å². The largest absolute Gasteiger partial charge is 0.368 e. The second-order valence-corrected chi connectivity index (χ2v) is 5.92. The average Bonchev–Trinajstić information content (AvgIpc) is 3.06. The number of nitrogens with zero attached hydrogens (tertiary/aromatic N) is 1. The van der Waals surface area contributed by atoms with Crippen molar-refractivity contribution in [2.75, 3.05) is 11.9 Å². The van der Waals surface area contributed by atoms with Crippen molar-refractivity contribution in [3.8, 4) is 11.4 Å². The van der Waals surface area contributed by atoms with E-state index in [1.54, 1.807) is 0 Å². The minimum absolute atomic E-state index is 0.0750. The Balaban J connectivity index is 1.78. The number of aromatic amines is 1. The fourth-order valence-corrected chi connectivity index (χ4v) is 2.67. The number of anilines is 1. The fraction of sp³-hybridized carbons (Fsp3) is 0.412. The van der Waals surface area contributed by atoms with Crippen molar-refractivity contribution < 1.29 is 9.53 Å². The van der Waals surface area contributed by atoms with Crippen LogP contribution in [0.3, 0.4) is 0 Å². The van der Waals surface area contributed by atoms with Gasteiger partial charge in [-0.3, -0.25) is 4.79 Å². The Bertz CT molecular complexity index is 673. The molecule has 116 valence electrons. The monoisotopic (exact) mass is 299 g/mol. The minimum Gasteiger partial charge on any atom is -0.368 e. The molecule has 22 heavy (non-hydrogen) atoms. The normalized spacial score (nSPS) is 21.0. The van der Waals surface area contributed by atoms with Gasteiger partial charge in [-0.15, -0.1) is 0 Å². The second kappa shape index (κ2) is 5.93. The fourth-order valence-electron chi connectivity index (χ4n) is 2.67. The first-order valence-electron chi connectivity index (χ1n) is 7.60. The molecule has 1 fully saturated rings. The van der Waals surface area contributed by atoms with Crippen LogP contribution in [0, 0.1) is 19.8 Å². The van der Waals surface area contributed by atoms with Gasteiger partial charge in [0.1, 0.15) is 11.9 Å². The number of carbonyl (C=O) groups is 1. The Morgan fingerprint density at radius 3 is 2.86 bits per heavy atom. The van der Waals surface area contributed by atoms with Crippen LogP contribution < -0.4 is 5.32 Å². The van der Waals surface area contributed by atoms with Gasteiger partial charge in [-0.05, 0) is 38.3 Å². The SMILES string of the molecule is Cc1nc(-c2cccc(NC(=O)[C@H]3OCC[C@@H]3C)c2)[nH]c1C. The number of nitrogens with one attached hydrogen (secondary N) is 2. The molecule has 0 saturated carbocycles. The Labute approximate surface area is 130 Å². The summed E-state index contributed by atoms with van der Waals surface area (Å²) < 4.78 is 5.50. The molecule has 0 aliphatic carbocycles. The van der Waals surface area contributed by atoms with E-state index < -0.39 is 0 Å². The van der Waals surface area contributed by atoms with E-state index in [-0.39, 0.29) is 17.9 Å². The highest BCUT2D eigenvalue weighted by Crippen LogP contribution is 2.24. The molecule has 2 aromatic rings. The number of hydrogen-bond acceptors (Lipinski definition) is 3. The van der Waals surface area contributed by atoms with E-state index in [1.807, 2.05) is 45.0 Å². The van der Waals surface area contributed by atoms with Crippen LogP contribution in [0.2, 0.25) is 0 Å². The highest BCUT2D eigenvalue weighted by molar-refractivity contribution is 5.95. The molecular formula is C17H21N3O2. The maximum atomic E-state index is 12.3. The van der Waals surface area contributed by atoms with E-state index in [0.717, 1.165) is 34.9 Å². The summed E-state index contributed by atoms with van der Waals surface area (Å²) in [5, 5.41) is 2.94. The lowest BCUT2D eigenvalue weighted by Gasteiger charge is -2.14. The predicted molar refractivity (Wildman–Crippen MR) is 85.6 cm³/mol. The van der Waals surface area contributed by atoms with Gasteiger partial charge in [0.25, 0.3) is 5.91 Å². The number of aryl methyl sites for hydroxylation is 2. The summed E-state index contributed by atoms with van der Waals surface area (Å²) in [6, 6.07) is 7.69. The van der Waals surface area contributed by atoms with Crippen LogP contribution in [0.5, 0.6) is 0 Å². The number of ether oxygens (including phenoxy) is 1. The summed E-state index contributed by atoms with van der Waals surface area (Å²) >= 11 is 0. The second-order valence-electron chi connectivity index (χ2n) is 5.92. The number of imidazole rings is 1. The quantitative estimate of drug-likeness (QED) is 0.915. The Kier molecular flexibility index (Phi) is 3.98. The molecule has 0 radical (unpaired) electrons. The molecule has 1 amide bonds. The van der Waals surface area contributed by atoms with E-state index in [9.17, 15) is 4.79 Å². The lowest BCUT2D eigenvalue weighted by molar-refractivity contribution is -0.126. The molecule has 5 nitrogen and oxygen atoms in total. The lowest BCUT2D eigenvalue weighted by Crippen LogP contribution is -2.31. The van der Waals surface area contributed by atoms with Crippen LogP contribution in [0.15, 0.2) is 24.3 Å². The maximum absolute atomic E-state index is 12.3. The Morgan fingerprint density at radius 1 is 1.41 bits per heavy atom. The highest BCUT2D eigenvalue weighted by atomic mass is 16.5. The van der Waals surface area contributed by atoms with Gasteiger partial charge in [-0.1, -0.05) is 19.1 Å². The van der Waals surface area contributed by atoms with Crippen LogP contribution in [0.1, 0.15) is 24.7 Å². The lowest BCUT2D eigenvalue weighted by atomic mass is 10.0. The third-order valence-electron chi connectivity index (χ3n) is 4.18. The van der Waals surface area contributed by atoms with Crippen LogP contribution in [0.4, 0.5) is 5.69 Å². The molecule has 1 aromatic heterocycles. The van der Waals surface area contributed by atoms with Crippen molar-refractivity contribution in [1.29, 1.82) is 0 Å². The van der Waals surface area contributed by atoms with Gasteiger partial charge in [-0.25, -0.2) is 4.98 Å². The Hall–Kier alpha value is -2.14. The summed E-state index contributed by atoms with van der Waals surface area (Å²) in [6.07, 6.45) is 0.583. The molecule has 2 heterocycles. The van der Waals surface area contributed by atoms with Gasteiger partial charge in [0.05, 0.1) is 5.69 Å². The minimum atomic E-state index is -0.350. The molecule has 3 rings (SSSR count). The van der Waals surface area contributed by atoms with E-state index in [0.29, 0.717) is 6.61 Å². The summed E-state index contributed by atoms with van der Waals surface area (Å²) in [7, 11) is 0. The number of amides is 1. The zero-order valence-corrected chi connectivity index (χ0v) is 13.1. The summed E-state index contributed by atoms with van der Waals surface area (Å²) in [5.41, 5.74) is 3.75. The zero-order chi connectivity index (χ0) is 15.7. The van der Waals surface area contributed by atoms with Gasteiger partial charge >= 0.3 is 0 Å². The molecule has 2 atom stereocenters. The summed E-state index contributed by atoms with van der Waals surface area (Å²) in [5.74, 6) is 1.00. The van der Waals surface area contributed by atoms with E-state index in [1.165, 1.54) is 0 Å². The summed E-state index contributed by atoms with van der Waals surface area (Å²) in [4.78, 5) is 20.0. The zero-order valence-electron chi connectivity index (χ0n) is 13.1. The molecule has 5 heteroatoms. The van der Waals surface area contributed by atoms with Crippen LogP contribution >= 0.6 is 0 Å². The number of rotatable bonds is 3. The van der Waals surface area contributed by atoms with Gasteiger partial charge in [0, 0.05) is 23.6 Å². The van der Waals surface area contributed by atoms with E-state index in [4.69, 9.17) is 4.74 Å². The average molecular weight is 299 g/mol. The van der Waals surface area contributed by atoms with Crippen molar-refractivity contribution >= 4 is 11.6 Å². The third-order valence-corrected chi connectivity index (χ3v) is 4.18. The van der Waals surface area contributed by atoms with Crippen LogP contribution in [-0.2, 0) is 9.53 Å². The third kappa shape index (κ3) is 2.90. The molecule has 0 bridgehead atoms.